The number of benzene rings is 2. The minimum absolute atomic E-state index is 0.362. The summed E-state index contributed by atoms with van der Waals surface area (Å²) in [6.45, 7) is 6.98. The fourth-order valence-corrected chi connectivity index (χ4v) is 2.66. The Balaban J connectivity index is 2.17. The van der Waals surface area contributed by atoms with Gasteiger partial charge in [0.05, 0.1) is 21.7 Å². The summed E-state index contributed by atoms with van der Waals surface area (Å²) in [4.78, 5) is 0. The summed E-state index contributed by atoms with van der Waals surface area (Å²) >= 11 is 18.3. The molecule has 0 bridgehead atoms. The molecule has 2 rings (SSSR count). The molecule has 0 heterocycles. The zero-order chi connectivity index (χ0) is 17.5. The van der Waals surface area contributed by atoms with Crippen LogP contribution >= 0.6 is 34.8 Å². The van der Waals surface area contributed by atoms with Gasteiger partial charge in [0, 0.05) is 12.2 Å². The maximum absolute atomic E-state index is 6.33. The van der Waals surface area contributed by atoms with Crippen LogP contribution in [0.3, 0.4) is 0 Å². The van der Waals surface area contributed by atoms with Gasteiger partial charge in [-0.15, -0.1) is 0 Å². The molecule has 0 unspecified atom stereocenters. The van der Waals surface area contributed by atoms with Gasteiger partial charge in [0.2, 0.25) is 0 Å². The highest BCUT2D eigenvalue weighted by atomic mass is 35.5. The lowest BCUT2D eigenvalue weighted by Crippen LogP contribution is -2.03. The molecule has 0 saturated heterocycles. The molecular formula is C18H18Cl3NO2. The average Bonchev–Trinajstić information content (AvgIpc) is 2.55. The van der Waals surface area contributed by atoms with E-state index in [1.165, 1.54) is 0 Å². The fourth-order valence-electron chi connectivity index (χ4n) is 2.08. The van der Waals surface area contributed by atoms with Gasteiger partial charge in [-0.05, 0) is 42.8 Å². The zero-order valence-electron chi connectivity index (χ0n) is 13.2. The largest absolute Gasteiger partial charge is 0.490 e. The number of anilines is 1. The molecular weight excluding hydrogens is 369 g/mol. The molecule has 128 valence electrons. The normalized spacial score (nSPS) is 10.3. The second kappa shape index (κ2) is 9.07. The summed E-state index contributed by atoms with van der Waals surface area (Å²) in [7, 11) is 0. The molecule has 0 amide bonds. The Morgan fingerprint density at radius 2 is 1.83 bits per heavy atom. The Morgan fingerprint density at radius 3 is 2.50 bits per heavy atom. The van der Waals surface area contributed by atoms with Gasteiger partial charge in [0.25, 0.3) is 0 Å². The van der Waals surface area contributed by atoms with Gasteiger partial charge >= 0.3 is 0 Å². The van der Waals surface area contributed by atoms with Crippen LogP contribution in [0.2, 0.25) is 15.1 Å². The first kappa shape index (κ1) is 18.8. The van der Waals surface area contributed by atoms with Crippen LogP contribution in [0, 0.1) is 0 Å². The maximum atomic E-state index is 6.33. The molecule has 6 heteroatoms. The molecule has 0 aliphatic rings. The van der Waals surface area contributed by atoms with Crippen molar-refractivity contribution in [2.75, 3.05) is 18.5 Å². The van der Waals surface area contributed by atoms with E-state index in [4.69, 9.17) is 44.3 Å². The molecule has 0 spiro atoms. The maximum Gasteiger partial charge on any atom is 0.180 e. The molecule has 1 N–H and O–H groups in total. The van der Waals surface area contributed by atoms with E-state index in [0.29, 0.717) is 46.3 Å². The molecule has 0 aliphatic heterocycles. The van der Waals surface area contributed by atoms with Gasteiger partial charge in [-0.25, -0.2) is 0 Å². The first-order valence-corrected chi connectivity index (χ1v) is 8.56. The molecule has 0 aromatic heterocycles. The number of rotatable bonds is 8. The minimum Gasteiger partial charge on any atom is -0.490 e. The lowest BCUT2D eigenvalue weighted by atomic mass is 10.2. The van der Waals surface area contributed by atoms with Crippen molar-refractivity contribution in [2.45, 2.75) is 13.5 Å². The van der Waals surface area contributed by atoms with E-state index >= 15 is 0 Å². The van der Waals surface area contributed by atoms with Crippen LogP contribution in [-0.2, 0) is 6.54 Å². The first-order chi connectivity index (χ1) is 11.5. The summed E-state index contributed by atoms with van der Waals surface area (Å²) in [6.07, 6.45) is 1.66. The monoisotopic (exact) mass is 385 g/mol. The second-order valence-corrected chi connectivity index (χ2v) is 6.14. The van der Waals surface area contributed by atoms with Gasteiger partial charge < -0.3 is 14.8 Å². The summed E-state index contributed by atoms with van der Waals surface area (Å²) in [5, 5.41) is 4.79. The molecule has 2 aromatic rings. The molecule has 0 radical (unpaired) electrons. The predicted octanol–water partition coefficient (Wildman–Crippen LogP) is 6.22. The van der Waals surface area contributed by atoms with E-state index in [2.05, 4.69) is 11.9 Å². The Hall–Kier alpha value is -1.55. The van der Waals surface area contributed by atoms with Crippen molar-refractivity contribution >= 4 is 40.5 Å². The van der Waals surface area contributed by atoms with Crippen LogP contribution in [-0.4, -0.2) is 13.2 Å². The van der Waals surface area contributed by atoms with E-state index in [1.54, 1.807) is 18.2 Å². The number of hydrogen-bond acceptors (Lipinski definition) is 3. The first-order valence-electron chi connectivity index (χ1n) is 7.43. The number of halogens is 3. The fraction of sp³-hybridized carbons (Fsp3) is 0.222. The van der Waals surface area contributed by atoms with Crippen molar-refractivity contribution in [2.24, 2.45) is 0 Å². The molecule has 3 nitrogen and oxygen atoms in total. The van der Waals surface area contributed by atoms with Crippen molar-refractivity contribution in [3.8, 4) is 11.5 Å². The van der Waals surface area contributed by atoms with Crippen LogP contribution in [0.15, 0.2) is 43.0 Å². The Kier molecular flexibility index (Phi) is 7.10. The molecule has 0 aliphatic carbocycles. The predicted molar refractivity (Wildman–Crippen MR) is 102 cm³/mol. The van der Waals surface area contributed by atoms with E-state index in [1.807, 2.05) is 25.1 Å². The standard InChI is InChI=1S/C18H18Cl3NO2/c1-3-7-24-18-16(21)8-12(9-17(18)23-4-2)11-22-13-5-6-14(19)15(20)10-13/h3,5-6,8-10,22H,1,4,7,11H2,2H3. The quantitative estimate of drug-likeness (QED) is 0.546. The number of hydrogen-bond donors (Lipinski definition) is 1. The molecule has 24 heavy (non-hydrogen) atoms. The molecule has 0 atom stereocenters. The summed E-state index contributed by atoms with van der Waals surface area (Å²) in [5.74, 6) is 1.13. The Bertz CT molecular complexity index is 720. The van der Waals surface area contributed by atoms with Crippen LogP contribution in [0.1, 0.15) is 12.5 Å². The zero-order valence-corrected chi connectivity index (χ0v) is 15.5. The Morgan fingerprint density at radius 1 is 1.04 bits per heavy atom. The second-order valence-electron chi connectivity index (χ2n) is 4.92. The van der Waals surface area contributed by atoms with Crippen molar-refractivity contribution in [1.82, 2.24) is 0 Å². The molecule has 0 fully saturated rings. The van der Waals surface area contributed by atoms with Crippen molar-refractivity contribution in [3.05, 3.63) is 63.6 Å². The smallest absolute Gasteiger partial charge is 0.180 e. The van der Waals surface area contributed by atoms with Gasteiger partial charge in [0.1, 0.15) is 6.61 Å². The lowest BCUT2D eigenvalue weighted by Gasteiger charge is -2.15. The minimum atomic E-state index is 0.362. The summed E-state index contributed by atoms with van der Waals surface area (Å²) < 4.78 is 11.2. The van der Waals surface area contributed by atoms with Crippen LogP contribution in [0.5, 0.6) is 11.5 Å². The van der Waals surface area contributed by atoms with Crippen molar-refractivity contribution < 1.29 is 9.47 Å². The number of ether oxygens (including phenoxy) is 2. The van der Waals surface area contributed by atoms with Crippen molar-refractivity contribution in [3.63, 3.8) is 0 Å². The highest BCUT2D eigenvalue weighted by Gasteiger charge is 2.12. The highest BCUT2D eigenvalue weighted by Crippen LogP contribution is 2.37. The highest BCUT2D eigenvalue weighted by molar-refractivity contribution is 6.42. The third-order valence-corrected chi connectivity index (χ3v) is 4.15. The number of nitrogens with one attached hydrogen (secondary N) is 1. The average molecular weight is 387 g/mol. The van der Waals surface area contributed by atoms with E-state index in [0.717, 1.165) is 11.3 Å². The van der Waals surface area contributed by atoms with E-state index in [-0.39, 0.29) is 0 Å². The van der Waals surface area contributed by atoms with Gasteiger partial charge in [-0.3, -0.25) is 0 Å². The van der Waals surface area contributed by atoms with Gasteiger partial charge in [0.15, 0.2) is 11.5 Å². The Labute approximate surface area is 157 Å². The summed E-state index contributed by atoms with van der Waals surface area (Å²) in [6, 6.07) is 9.12. The SMILES string of the molecule is C=CCOc1c(Cl)cc(CNc2ccc(Cl)c(Cl)c2)cc1OCC. The third kappa shape index (κ3) is 4.97. The van der Waals surface area contributed by atoms with E-state index in [9.17, 15) is 0 Å². The molecule has 0 saturated carbocycles. The van der Waals surface area contributed by atoms with Gasteiger partial charge in [-0.1, -0.05) is 47.5 Å². The van der Waals surface area contributed by atoms with Crippen LogP contribution in [0.25, 0.3) is 0 Å². The summed E-state index contributed by atoms with van der Waals surface area (Å²) in [5.41, 5.74) is 1.82. The topological polar surface area (TPSA) is 30.5 Å². The van der Waals surface area contributed by atoms with Crippen LogP contribution < -0.4 is 14.8 Å². The third-order valence-electron chi connectivity index (χ3n) is 3.13. The van der Waals surface area contributed by atoms with E-state index < -0.39 is 0 Å². The van der Waals surface area contributed by atoms with Crippen LogP contribution in [0.4, 0.5) is 5.69 Å². The van der Waals surface area contributed by atoms with Gasteiger partial charge in [-0.2, -0.15) is 0 Å². The van der Waals surface area contributed by atoms with Crippen molar-refractivity contribution in [1.29, 1.82) is 0 Å². The molecule has 2 aromatic carbocycles. The lowest BCUT2D eigenvalue weighted by molar-refractivity contribution is 0.297.